The Labute approximate surface area is 327 Å². The molecule has 0 saturated heterocycles. The average Bonchev–Trinajstić information content (AvgIpc) is 3.95. The Morgan fingerprint density at radius 3 is 1.88 bits per heavy atom. The Hall–Kier alpha value is -7.41. The fraction of sp³-hybridized carbons (Fsp3) is 0.0392. The number of aliphatic imine (C=N–C) groups is 1. The third-order valence-corrected chi connectivity index (χ3v) is 11.5. The number of benzene rings is 8. The standard InChI is InChI=1S/C51H34N4O2/c1-3-12-31(13-4-1)49-52-50(32-14-5-2-6-15-32)54-51(53-49)35-23-26-39-38-25-22-34(29-46(38)57-47(39)30-35)33-24-27-44-40(28-33)48-43(20-11-21-45(48)56-44)55-41-18-9-7-16-36(41)37-17-8-10-19-42(37)55/h1-30,49,51,53H,(H,52,54). The summed E-state index contributed by atoms with van der Waals surface area (Å²) in [5.41, 5.74) is 12.3. The number of hydrogen-bond donors (Lipinski definition) is 2. The molecule has 6 nitrogen and oxygen atoms in total. The van der Waals surface area contributed by atoms with Crippen molar-refractivity contribution >= 4 is 71.5 Å². The molecule has 8 aromatic carbocycles. The van der Waals surface area contributed by atoms with Crippen molar-refractivity contribution in [3.05, 3.63) is 199 Å². The quantitative estimate of drug-likeness (QED) is 0.185. The van der Waals surface area contributed by atoms with E-state index in [0.29, 0.717) is 0 Å². The molecule has 0 radical (unpaired) electrons. The molecule has 12 rings (SSSR count). The van der Waals surface area contributed by atoms with Crippen LogP contribution in [0.2, 0.25) is 0 Å². The van der Waals surface area contributed by atoms with Crippen molar-refractivity contribution < 1.29 is 8.83 Å². The minimum Gasteiger partial charge on any atom is -0.456 e. The Kier molecular flexibility index (Phi) is 7.03. The first-order chi connectivity index (χ1) is 28.2. The fourth-order valence-electron chi connectivity index (χ4n) is 8.79. The van der Waals surface area contributed by atoms with E-state index in [1.54, 1.807) is 0 Å². The van der Waals surface area contributed by atoms with Crippen LogP contribution in [0.1, 0.15) is 29.0 Å². The lowest BCUT2D eigenvalue weighted by Crippen LogP contribution is -2.44. The maximum Gasteiger partial charge on any atom is 0.137 e. The predicted octanol–water partition coefficient (Wildman–Crippen LogP) is 12.6. The molecule has 0 spiro atoms. The molecular weight excluding hydrogens is 701 g/mol. The van der Waals surface area contributed by atoms with Crippen molar-refractivity contribution in [3.8, 4) is 16.8 Å². The second kappa shape index (κ2) is 12.6. The van der Waals surface area contributed by atoms with E-state index in [1.165, 1.54) is 21.8 Å². The van der Waals surface area contributed by atoms with Crippen LogP contribution in [0.15, 0.2) is 196 Å². The van der Waals surface area contributed by atoms with Crippen LogP contribution in [0.5, 0.6) is 0 Å². The van der Waals surface area contributed by atoms with E-state index in [0.717, 1.165) is 83.2 Å². The largest absolute Gasteiger partial charge is 0.456 e. The number of rotatable bonds is 5. The first-order valence-corrected chi connectivity index (χ1v) is 19.3. The van der Waals surface area contributed by atoms with E-state index >= 15 is 0 Å². The van der Waals surface area contributed by atoms with Gasteiger partial charge in [0.2, 0.25) is 0 Å². The fourth-order valence-corrected chi connectivity index (χ4v) is 8.79. The summed E-state index contributed by atoms with van der Waals surface area (Å²) in [6, 6.07) is 63.8. The molecule has 2 atom stereocenters. The van der Waals surface area contributed by atoms with Gasteiger partial charge in [0.05, 0.1) is 22.1 Å². The molecule has 2 unspecified atom stereocenters. The average molecular weight is 735 g/mol. The molecule has 1 aliphatic heterocycles. The molecule has 3 aromatic heterocycles. The second-order valence-corrected chi connectivity index (χ2v) is 14.8. The lowest BCUT2D eigenvalue weighted by molar-refractivity contribution is 0.409. The van der Waals surface area contributed by atoms with E-state index in [1.807, 2.05) is 24.3 Å². The Bertz CT molecular complexity index is 3320. The maximum atomic E-state index is 6.65. The lowest BCUT2D eigenvalue weighted by atomic mass is 10.0. The predicted molar refractivity (Wildman–Crippen MR) is 232 cm³/mol. The Morgan fingerprint density at radius 1 is 0.439 bits per heavy atom. The summed E-state index contributed by atoms with van der Waals surface area (Å²) in [5, 5.41) is 14.1. The van der Waals surface area contributed by atoms with E-state index in [4.69, 9.17) is 13.8 Å². The normalized spacial score (nSPS) is 15.9. The number of furan rings is 2. The van der Waals surface area contributed by atoms with Gasteiger partial charge in [-0.1, -0.05) is 127 Å². The second-order valence-electron chi connectivity index (χ2n) is 14.8. The molecule has 57 heavy (non-hydrogen) atoms. The topological polar surface area (TPSA) is 67.6 Å². The van der Waals surface area contributed by atoms with Gasteiger partial charge in [0.1, 0.15) is 40.5 Å². The van der Waals surface area contributed by atoms with Crippen LogP contribution in [-0.4, -0.2) is 10.4 Å². The van der Waals surface area contributed by atoms with Gasteiger partial charge in [0, 0.05) is 32.5 Å². The summed E-state index contributed by atoms with van der Waals surface area (Å²) in [6.45, 7) is 0. The Balaban J connectivity index is 0.946. The number of amidine groups is 1. The highest BCUT2D eigenvalue weighted by molar-refractivity contribution is 6.15. The van der Waals surface area contributed by atoms with Crippen molar-refractivity contribution in [3.63, 3.8) is 0 Å². The van der Waals surface area contributed by atoms with E-state index in [2.05, 4.69) is 173 Å². The van der Waals surface area contributed by atoms with Gasteiger partial charge in [0.25, 0.3) is 0 Å². The summed E-state index contributed by atoms with van der Waals surface area (Å²) in [7, 11) is 0. The molecule has 2 N–H and O–H groups in total. The SMILES string of the molecule is c1ccc(C2=NC(c3ccc4c(c3)oc3cc(-c5ccc6oc7cccc(-n8c9ccccc9c9ccccc98)c7c6c5)ccc34)NC(c3ccccc3)N2)cc1. The number of fused-ring (bicyclic) bond motifs is 9. The summed E-state index contributed by atoms with van der Waals surface area (Å²) in [4.78, 5) is 5.15. The molecular formula is C51H34N4O2. The van der Waals surface area contributed by atoms with Crippen LogP contribution >= 0.6 is 0 Å². The first kappa shape index (κ1) is 31.9. The highest BCUT2D eigenvalue weighted by Gasteiger charge is 2.26. The maximum absolute atomic E-state index is 6.65. The number of aromatic nitrogens is 1. The van der Waals surface area contributed by atoms with Gasteiger partial charge in [-0.25, -0.2) is 4.99 Å². The van der Waals surface area contributed by atoms with Crippen molar-refractivity contribution in [2.75, 3.05) is 0 Å². The van der Waals surface area contributed by atoms with Gasteiger partial charge < -0.3 is 18.7 Å². The number of para-hydroxylation sites is 2. The molecule has 4 heterocycles. The molecule has 6 heteroatoms. The molecule has 0 amide bonds. The van der Waals surface area contributed by atoms with Gasteiger partial charge in [-0.05, 0) is 76.9 Å². The molecule has 11 aromatic rings. The molecule has 0 bridgehead atoms. The Morgan fingerprint density at radius 2 is 1.09 bits per heavy atom. The highest BCUT2D eigenvalue weighted by atomic mass is 16.3. The smallest absolute Gasteiger partial charge is 0.137 e. The van der Waals surface area contributed by atoms with Crippen LogP contribution in [0.4, 0.5) is 0 Å². The van der Waals surface area contributed by atoms with Gasteiger partial charge in [0.15, 0.2) is 0 Å². The van der Waals surface area contributed by atoms with Crippen LogP contribution in [0.3, 0.4) is 0 Å². The van der Waals surface area contributed by atoms with Crippen LogP contribution in [-0.2, 0) is 0 Å². The minimum absolute atomic E-state index is 0.111. The van der Waals surface area contributed by atoms with E-state index in [-0.39, 0.29) is 12.3 Å². The molecule has 0 aliphatic carbocycles. The van der Waals surface area contributed by atoms with Crippen LogP contribution in [0.25, 0.3) is 82.5 Å². The van der Waals surface area contributed by atoms with Crippen LogP contribution < -0.4 is 10.6 Å². The highest BCUT2D eigenvalue weighted by Crippen LogP contribution is 2.41. The third kappa shape index (κ3) is 5.12. The summed E-state index contributed by atoms with van der Waals surface area (Å²) in [5.74, 6) is 0.854. The van der Waals surface area contributed by atoms with Crippen molar-refractivity contribution in [2.45, 2.75) is 12.3 Å². The van der Waals surface area contributed by atoms with Crippen molar-refractivity contribution in [1.29, 1.82) is 0 Å². The van der Waals surface area contributed by atoms with Crippen LogP contribution in [0, 0.1) is 0 Å². The van der Waals surface area contributed by atoms with E-state index < -0.39 is 0 Å². The number of nitrogens with zero attached hydrogens (tertiary/aromatic N) is 2. The lowest BCUT2D eigenvalue weighted by Gasteiger charge is -2.32. The zero-order chi connectivity index (χ0) is 37.5. The molecule has 0 fully saturated rings. The molecule has 0 saturated carbocycles. The third-order valence-electron chi connectivity index (χ3n) is 11.5. The monoisotopic (exact) mass is 734 g/mol. The van der Waals surface area contributed by atoms with Crippen molar-refractivity contribution in [2.24, 2.45) is 4.99 Å². The summed E-state index contributed by atoms with van der Waals surface area (Å²) >= 11 is 0. The van der Waals surface area contributed by atoms with Gasteiger partial charge in [-0.2, -0.15) is 0 Å². The zero-order valence-corrected chi connectivity index (χ0v) is 30.7. The number of hydrogen-bond acceptors (Lipinski definition) is 5. The van der Waals surface area contributed by atoms with Gasteiger partial charge in [-0.15, -0.1) is 0 Å². The molecule has 1 aliphatic rings. The molecule has 270 valence electrons. The zero-order valence-electron chi connectivity index (χ0n) is 30.7. The summed E-state index contributed by atoms with van der Waals surface area (Å²) in [6.07, 6.45) is -0.385. The summed E-state index contributed by atoms with van der Waals surface area (Å²) < 4.78 is 15.5. The van der Waals surface area contributed by atoms with Gasteiger partial charge >= 0.3 is 0 Å². The first-order valence-electron chi connectivity index (χ1n) is 19.3. The van der Waals surface area contributed by atoms with Gasteiger partial charge in [-0.3, -0.25) is 5.32 Å². The minimum atomic E-state index is -0.274. The van der Waals surface area contributed by atoms with E-state index in [9.17, 15) is 0 Å². The van der Waals surface area contributed by atoms with Crippen molar-refractivity contribution in [1.82, 2.24) is 15.2 Å². The number of nitrogens with one attached hydrogen (secondary N) is 2.